The van der Waals surface area contributed by atoms with E-state index in [1.165, 1.54) is 5.56 Å². The van der Waals surface area contributed by atoms with Crippen molar-refractivity contribution >= 4 is 11.6 Å². The highest BCUT2D eigenvalue weighted by Crippen LogP contribution is 2.19. The Bertz CT molecular complexity index is 664. The average molecular weight is 338 g/mol. The fourth-order valence-corrected chi connectivity index (χ4v) is 3.03. The molecule has 1 fully saturated rings. The molecule has 0 N–H and O–H groups in total. The standard InChI is InChI=1S/C21H26N2O2/c1-18-7-9-20(10-8-18)23(17-19-5-3-2-4-6-19)21(24)11-12-22-13-15-25-16-14-22/h2-10H,11-17H2,1H3. The largest absolute Gasteiger partial charge is 0.379 e. The number of aryl methyl sites for hydroxylation is 1. The van der Waals surface area contributed by atoms with Gasteiger partial charge in [-0.15, -0.1) is 0 Å². The predicted molar refractivity (Wildman–Crippen MR) is 101 cm³/mol. The average Bonchev–Trinajstić information content (AvgIpc) is 2.67. The second-order valence-corrected chi connectivity index (χ2v) is 6.51. The van der Waals surface area contributed by atoms with Gasteiger partial charge in [-0.2, -0.15) is 0 Å². The second-order valence-electron chi connectivity index (χ2n) is 6.51. The van der Waals surface area contributed by atoms with Crippen LogP contribution in [0, 0.1) is 6.92 Å². The number of hydrogen-bond donors (Lipinski definition) is 0. The van der Waals surface area contributed by atoms with Crippen LogP contribution < -0.4 is 4.90 Å². The van der Waals surface area contributed by atoms with E-state index in [1.54, 1.807) is 0 Å². The van der Waals surface area contributed by atoms with Crippen LogP contribution in [-0.4, -0.2) is 43.7 Å². The second kappa shape index (κ2) is 8.79. The number of rotatable bonds is 6. The summed E-state index contributed by atoms with van der Waals surface area (Å²) in [5.74, 6) is 0.166. The molecule has 1 saturated heterocycles. The Labute approximate surface area is 150 Å². The first-order valence-corrected chi connectivity index (χ1v) is 8.93. The Morgan fingerprint density at radius 1 is 1.04 bits per heavy atom. The van der Waals surface area contributed by atoms with E-state index in [4.69, 9.17) is 4.74 Å². The third-order valence-electron chi connectivity index (χ3n) is 4.58. The van der Waals surface area contributed by atoms with E-state index in [0.29, 0.717) is 13.0 Å². The zero-order valence-corrected chi connectivity index (χ0v) is 14.9. The van der Waals surface area contributed by atoms with Gasteiger partial charge in [-0.3, -0.25) is 9.69 Å². The molecule has 0 atom stereocenters. The van der Waals surface area contributed by atoms with Gasteiger partial charge in [0.15, 0.2) is 0 Å². The molecule has 4 nitrogen and oxygen atoms in total. The number of nitrogens with zero attached hydrogens (tertiary/aromatic N) is 2. The van der Waals surface area contributed by atoms with Crippen molar-refractivity contribution in [3.8, 4) is 0 Å². The lowest BCUT2D eigenvalue weighted by Gasteiger charge is -2.28. The van der Waals surface area contributed by atoms with E-state index in [9.17, 15) is 4.79 Å². The summed E-state index contributed by atoms with van der Waals surface area (Å²) in [5, 5.41) is 0. The third-order valence-corrected chi connectivity index (χ3v) is 4.58. The van der Waals surface area contributed by atoms with Crippen molar-refractivity contribution in [2.75, 3.05) is 37.7 Å². The van der Waals surface area contributed by atoms with Crippen molar-refractivity contribution in [1.82, 2.24) is 4.90 Å². The lowest BCUT2D eigenvalue weighted by atomic mass is 10.1. The molecular formula is C21H26N2O2. The number of amides is 1. The minimum Gasteiger partial charge on any atom is -0.379 e. The highest BCUT2D eigenvalue weighted by Gasteiger charge is 2.18. The van der Waals surface area contributed by atoms with Gasteiger partial charge in [-0.1, -0.05) is 48.0 Å². The van der Waals surface area contributed by atoms with Gasteiger partial charge in [-0.05, 0) is 24.6 Å². The summed E-state index contributed by atoms with van der Waals surface area (Å²) in [6.07, 6.45) is 0.528. The Hall–Kier alpha value is -2.17. The van der Waals surface area contributed by atoms with E-state index in [1.807, 2.05) is 35.2 Å². The Morgan fingerprint density at radius 3 is 2.40 bits per heavy atom. The zero-order valence-electron chi connectivity index (χ0n) is 14.9. The maximum atomic E-state index is 12.9. The van der Waals surface area contributed by atoms with Crippen molar-refractivity contribution in [1.29, 1.82) is 0 Å². The summed E-state index contributed by atoms with van der Waals surface area (Å²) in [5.41, 5.74) is 3.30. The molecule has 0 saturated carbocycles. The Kier molecular flexibility index (Phi) is 6.20. The molecule has 0 radical (unpaired) electrons. The molecule has 1 heterocycles. The van der Waals surface area contributed by atoms with Crippen LogP contribution in [0.5, 0.6) is 0 Å². The Balaban J connectivity index is 1.70. The normalized spacial score (nSPS) is 15.1. The van der Waals surface area contributed by atoms with Crippen LogP contribution >= 0.6 is 0 Å². The minimum atomic E-state index is 0.166. The molecule has 1 amide bonds. The number of morpholine rings is 1. The molecule has 3 rings (SSSR count). The van der Waals surface area contributed by atoms with Crippen LogP contribution in [0.15, 0.2) is 54.6 Å². The summed E-state index contributed by atoms with van der Waals surface area (Å²) in [6.45, 7) is 6.81. The van der Waals surface area contributed by atoms with E-state index >= 15 is 0 Å². The van der Waals surface area contributed by atoms with Gasteiger partial charge in [0.05, 0.1) is 19.8 Å². The molecule has 0 aliphatic carbocycles. The van der Waals surface area contributed by atoms with Crippen LogP contribution in [0.2, 0.25) is 0 Å². The van der Waals surface area contributed by atoms with Crippen LogP contribution in [0.4, 0.5) is 5.69 Å². The molecule has 4 heteroatoms. The molecule has 0 bridgehead atoms. The van der Waals surface area contributed by atoms with Crippen molar-refractivity contribution in [2.24, 2.45) is 0 Å². The van der Waals surface area contributed by atoms with Crippen molar-refractivity contribution in [3.05, 3.63) is 65.7 Å². The quantitative estimate of drug-likeness (QED) is 0.810. The van der Waals surface area contributed by atoms with Gasteiger partial charge in [0, 0.05) is 31.7 Å². The van der Waals surface area contributed by atoms with Crippen LogP contribution in [0.3, 0.4) is 0 Å². The van der Waals surface area contributed by atoms with Gasteiger partial charge in [-0.25, -0.2) is 0 Å². The van der Waals surface area contributed by atoms with Crippen LogP contribution in [0.1, 0.15) is 17.5 Å². The van der Waals surface area contributed by atoms with Crippen LogP contribution in [-0.2, 0) is 16.1 Å². The van der Waals surface area contributed by atoms with Crippen molar-refractivity contribution in [2.45, 2.75) is 19.9 Å². The fourth-order valence-electron chi connectivity index (χ4n) is 3.03. The zero-order chi connectivity index (χ0) is 17.5. The minimum absolute atomic E-state index is 0.166. The number of anilines is 1. The first-order valence-electron chi connectivity index (χ1n) is 8.93. The summed E-state index contributed by atoms with van der Waals surface area (Å²) in [7, 11) is 0. The lowest BCUT2D eigenvalue weighted by molar-refractivity contribution is -0.119. The van der Waals surface area contributed by atoms with Gasteiger partial charge < -0.3 is 9.64 Å². The van der Waals surface area contributed by atoms with Gasteiger partial charge in [0.25, 0.3) is 0 Å². The molecule has 25 heavy (non-hydrogen) atoms. The summed E-state index contributed by atoms with van der Waals surface area (Å²) in [6, 6.07) is 18.3. The first-order chi connectivity index (χ1) is 12.2. The van der Waals surface area contributed by atoms with Gasteiger partial charge in [0.2, 0.25) is 5.91 Å². The van der Waals surface area contributed by atoms with E-state index in [2.05, 4.69) is 36.1 Å². The maximum absolute atomic E-state index is 12.9. The number of hydrogen-bond acceptors (Lipinski definition) is 3. The SMILES string of the molecule is Cc1ccc(N(Cc2ccccc2)C(=O)CCN2CCOCC2)cc1. The van der Waals surface area contributed by atoms with Crippen molar-refractivity contribution in [3.63, 3.8) is 0 Å². The topological polar surface area (TPSA) is 32.8 Å². The molecule has 2 aromatic carbocycles. The van der Waals surface area contributed by atoms with E-state index < -0.39 is 0 Å². The molecule has 0 spiro atoms. The number of benzene rings is 2. The van der Waals surface area contributed by atoms with Crippen LogP contribution in [0.25, 0.3) is 0 Å². The molecular weight excluding hydrogens is 312 g/mol. The van der Waals surface area contributed by atoms with E-state index in [0.717, 1.165) is 44.1 Å². The fraction of sp³-hybridized carbons (Fsp3) is 0.381. The smallest absolute Gasteiger partial charge is 0.228 e. The number of carbonyl (C=O) groups excluding carboxylic acids is 1. The Morgan fingerprint density at radius 2 is 1.72 bits per heavy atom. The van der Waals surface area contributed by atoms with E-state index in [-0.39, 0.29) is 5.91 Å². The summed E-state index contributed by atoms with van der Waals surface area (Å²) < 4.78 is 5.38. The third kappa shape index (κ3) is 5.15. The van der Waals surface area contributed by atoms with Gasteiger partial charge >= 0.3 is 0 Å². The summed E-state index contributed by atoms with van der Waals surface area (Å²) >= 11 is 0. The maximum Gasteiger partial charge on any atom is 0.228 e. The lowest BCUT2D eigenvalue weighted by Crippen LogP contribution is -2.39. The van der Waals surface area contributed by atoms with Gasteiger partial charge in [0.1, 0.15) is 0 Å². The molecule has 1 aliphatic heterocycles. The molecule has 0 aromatic heterocycles. The highest BCUT2D eigenvalue weighted by molar-refractivity contribution is 5.93. The molecule has 2 aromatic rings. The monoisotopic (exact) mass is 338 g/mol. The number of carbonyl (C=O) groups is 1. The first kappa shape index (κ1) is 17.6. The highest BCUT2D eigenvalue weighted by atomic mass is 16.5. The molecule has 132 valence electrons. The molecule has 1 aliphatic rings. The van der Waals surface area contributed by atoms with Crippen molar-refractivity contribution < 1.29 is 9.53 Å². The predicted octanol–water partition coefficient (Wildman–Crippen LogP) is 3.25. The number of ether oxygens (including phenoxy) is 1. The molecule has 0 unspecified atom stereocenters. The summed E-state index contributed by atoms with van der Waals surface area (Å²) in [4.78, 5) is 17.1.